The van der Waals surface area contributed by atoms with E-state index in [1.165, 1.54) is 0 Å². The highest BCUT2D eigenvalue weighted by Crippen LogP contribution is 2.41. The molecule has 0 unspecified atom stereocenters. The number of aromatic nitrogens is 3. The molecule has 0 atom stereocenters. The topological polar surface area (TPSA) is 83.4 Å². The van der Waals surface area contributed by atoms with Crippen LogP contribution in [0.1, 0.15) is 18.4 Å². The Hall–Kier alpha value is -2.12. The molecule has 0 saturated heterocycles. The molecular formula is C15H13Cl2N3O4. The molecule has 0 spiro atoms. The van der Waals surface area contributed by atoms with Crippen LogP contribution in [0.4, 0.5) is 0 Å². The first kappa shape index (κ1) is 16.7. The lowest BCUT2D eigenvalue weighted by Crippen LogP contribution is -2.32. The number of benzene rings is 1. The van der Waals surface area contributed by atoms with Gasteiger partial charge in [-0.3, -0.25) is 0 Å². The van der Waals surface area contributed by atoms with Crippen molar-refractivity contribution in [3.05, 3.63) is 40.4 Å². The zero-order chi connectivity index (χ0) is 17.2. The van der Waals surface area contributed by atoms with Crippen molar-refractivity contribution in [1.29, 1.82) is 0 Å². The van der Waals surface area contributed by atoms with E-state index >= 15 is 0 Å². The van der Waals surface area contributed by atoms with Gasteiger partial charge in [0.25, 0.3) is 0 Å². The third-order valence-electron chi connectivity index (χ3n) is 3.45. The average molecular weight is 370 g/mol. The van der Waals surface area contributed by atoms with Gasteiger partial charge in [-0.15, -0.1) is 0 Å². The molecule has 7 nitrogen and oxygen atoms in total. The molecule has 2 aromatic rings. The van der Waals surface area contributed by atoms with Crippen LogP contribution in [0.3, 0.4) is 0 Å². The predicted octanol–water partition coefficient (Wildman–Crippen LogP) is 2.84. The van der Waals surface area contributed by atoms with Crippen molar-refractivity contribution < 1.29 is 19.0 Å². The summed E-state index contributed by atoms with van der Waals surface area (Å²) < 4.78 is 15.9. The van der Waals surface area contributed by atoms with Crippen LogP contribution < -0.4 is 9.47 Å². The summed E-state index contributed by atoms with van der Waals surface area (Å²) in [6, 6.07) is 7.12. The van der Waals surface area contributed by atoms with Crippen molar-refractivity contribution in [2.45, 2.75) is 25.0 Å². The molecule has 1 aliphatic carbocycles. The highest BCUT2D eigenvalue weighted by molar-refractivity contribution is 6.31. The highest BCUT2D eigenvalue weighted by atomic mass is 35.5. The molecule has 126 valence electrons. The minimum absolute atomic E-state index is 0.0982. The summed E-state index contributed by atoms with van der Waals surface area (Å²) in [6.45, 7) is 0.132. The van der Waals surface area contributed by atoms with Crippen LogP contribution in [0, 0.1) is 0 Å². The summed E-state index contributed by atoms with van der Waals surface area (Å²) in [5.74, 6) is 0.252. The zero-order valence-corrected chi connectivity index (χ0v) is 14.2. The van der Waals surface area contributed by atoms with E-state index in [1.807, 2.05) is 12.1 Å². The molecule has 1 saturated carbocycles. The standard InChI is InChI=1S/C15H13Cl2N3O4/c1-22-10-4-2-9(3-5-10)8-23-11(21)15(6-7-15)24-14-19-12(16)18-13(17)20-14/h2-5H,6-8H2,1H3. The number of nitrogens with zero attached hydrogens (tertiary/aromatic N) is 3. The molecular weight excluding hydrogens is 357 g/mol. The molecule has 0 aliphatic heterocycles. The second-order valence-electron chi connectivity index (χ2n) is 5.18. The Labute approximate surface area is 147 Å². The third kappa shape index (κ3) is 3.85. The van der Waals surface area contributed by atoms with Gasteiger partial charge >= 0.3 is 12.0 Å². The summed E-state index contributed by atoms with van der Waals surface area (Å²) in [6.07, 6.45) is 1.02. The maximum atomic E-state index is 12.3. The maximum Gasteiger partial charge on any atom is 0.350 e. The van der Waals surface area contributed by atoms with Crippen molar-refractivity contribution in [2.24, 2.45) is 0 Å². The maximum absolute atomic E-state index is 12.3. The number of rotatable bonds is 6. The molecule has 1 heterocycles. The Bertz CT molecular complexity index is 731. The summed E-state index contributed by atoms with van der Waals surface area (Å²) in [4.78, 5) is 23.5. The highest BCUT2D eigenvalue weighted by Gasteiger charge is 2.55. The van der Waals surface area contributed by atoms with Crippen LogP contribution in [0.2, 0.25) is 10.6 Å². The molecule has 1 aromatic carbocycles. The Morgan fingerprint density at radius 2 is 1.75 bits per heavy atom. The van der Waals surface area contributed by atoms with Crippen LogP contribution in [0.15, 0.2) is 24.3 Å². The van der Waals surface area contributed by atoms with Gasteiger partial charge in [0, 0.05) is 12.8 Å². The van der Waals surface area contributed by atoms with Crippen molar-refractivity contribution >= 4 is 29.2 Å². The van der Waals surface area contributed by atoms with Crippen LogP contribution in [-0.4, -0.2) is 33.6 Å². The van der Waals surface area contributed by atoms with E-state index in [1.54, 1.807) is 19.2 Å². The number of methoxy groups -OCH3 is 1. The zero-order valence-electron chi connectivity index (χ0n) is 12.7. The number of halogens is 2. The lowest BCUT2D eigenvalue weighted by Gasteiger charge is -2.15. The quantitative estimate of drug-likeness (QED) is 0.723. The van der Waals surface area contributed by atoms with Crippen molar-refractivity contribution in [3.8, 4) is 11.8 Å². The number of esters is 1. The molecule has 1 fully saturated rings. The van der Waals surface area contributed by atoms with Gasteiger partial charge < -0.3 is 14.2 Å². The summed E-state index contributed by atoms with van der Waals surface area (Å²) in [5, 5.41) is -0.209. The van der Waals surface area contributed by atoms with Gasteiger partial charge in [0.2, 0.25) is 16.2 Å². The minimum atomic E-state index is -1.08. The van der Waals surface area contributed by atoms with E-state index in [2.05, 4.69) is 15.0 Å². The molecule has 9 heteroatoms. The van der Waals surface area contributed by atoms with Gasteiger partial charge in [-0.25, -0.2) is 4.79 Å². The van der Waals surface area contributed by atoms with Gasteiger partial charge in [-0.2, -0.15) is 15.0 Å². The number of hydrogen-bond acceptors (Lipinski definition) is 7. The predicted molar refractivity (Wildman–Crippen MR) is 85.2 cm³/mol. The second-order valence-corrected chi connectivity index (χ2v) is 5.85. The van der Waals surface area contributed by atoms with Gasteiger partial charge in [-0.05, 0) is 40.9 Å². The Morgan fingerprint density at radius 3 is 2.29 bits per heavy atom. The molecule has 3 rings (SSSR count). The fourth-order valence-corrected chi connectivity index (χ4v) is 2.34. The Morgan fingerprint density at radius 1 is 1.12 bits per heavy atom. The van der Waals surface area contributed by atoms with E-state index in [4.69, 9.17) is 37.4 Å². The third-order valence-corrected chi connectivity index (χ3v) is 3.79. The fraction of sp³-hybridized carbons (Fsp3) is 0.333. The molecule has 1 aliphatic rings. The first-order valence-electron chi connectivity index (χ1n) is 7.07. The monoisotopic (exact) mass is 369 g/mol. The normalized spacial score (nSPS) is 14.8. The summed E-state index contributed by atoms with van der Waals surface area (Å²) in [5.41, 5.74) is -0.244. The molecule has 0 amide bonds. The molecule has 0 N–H and O–H groups in total. The largest absolute Gasteiger partial charge is 0.497 e. The number of carbonyl (C=O) groups excluding carboxylic acids is 1. The summed E-state index contributed by atoms with van der Waals surface area (Å²) >= 11 is 11.4. The van der Waals surface area contributed by atoms with Crippen molar-refractivity contribution in [3.63, 3.8) is 0 Å². The van der Waals surface area contributed by atoms with Crippen molar-refractivity contribution in [2.75, 3.05) is 7.11 Å². The van der Waals surface area contributed by atoms with Gasteiger partial charge in [0.15, 0.2) is 0 Å². The fourth-order valence-electron chi connectivity index (χ4n) is 1.99. The number of carbonyl (C=O) groups is 1. The van der Waals surface area contributed by atoms with E-state index < -0.39 is 11.6 Å². The van der Waals surface area contributed by atoms with Crippen LogP contribution in [-0.2, 0) is 16.1 Å². The van der Waals surface area contributed by atoms with E-state index in [0.29, 0.717) is 12.8 Å². The Kier molecular flexibility index (Phi) is 4.73. The van der Waals surface area contributed by atoms with Gasteiger partial charge in [0.05, 0.1) is 7.11 Å². The van der Waals surface area contributed by atoms with E-state index in [0.717, 1.165) is 11.3 Å². The lowest BCUT2D eigenvalue weighted by atomic mass is 10.2. The van der Waals surface area contributed by atoms with E-state index in [9.17, 15) is 4.79 Å². The van der Waals surface area contributed by atoms with E-state index in [-0.39, 0.29) is 23.2 Å². The SMILES string of the molecule is COc1ccc(COC(=O)C2(Oc3nc(Cl)nc(Cl)n3)CC2)cc1. The Balaban J connectivity index is 1.61. The van der Waals surface area contributed by atoms with Crippen molar-refractivity contribution in [1.82, 2.24) is 15.0 Å². The summed E-state index contributed by atoms with van der Waals surface area (Å²) in [7, 11) is 1.59. The van der Waals surface area contributed by atoms with Crippen LogP contribution in [0.25, 0.3) is 0 Å². The van der Waals surface area contributed by atoms with Gasteiger partial charge in [-0.1, -0.05) is 12.1 Å². The molecule has 0 radical (unpaired) electrons. The molecule has 1 aromatic heterocycles. The first-order valence-corrected chi connectivity index (χ1v) is 7.83. The molecule has 24 heavy (non-hydrogen) atoms. The number of hydrogen-bond donors (Lipinski definition) is 0. The second kappa shape index (κ2) is 6.78. The average Bonchev–Trinajstić information content (AvgIpc) is 3.33. The minimum Gasteiger partial charge on any atom is -0.497 e. The van der Waals surface area contributed by atoms with Crippen LogP contribution >= 0.6 is 23.2 Å². The van der Waals surface area contributed by atoms with Gasteiger partial charge in [0.1, 0.15) is 12.4 Å². The first-order chi connectivity index (χ1) is 11.5. The molecule has 0 bridgehead atoms. The number of ether oxygens (including phenoxy) is 3. The smallest absolute Gasteiger partial charge is 0.350 e. The van der Waals surface area contributed by atoms with Crippen LogP contribution in [0.5, 0.6) is 11.8 Å². The lowest BCUT2D eigenvalue weighted by molar-refractivity contribution is -0.156.